The molecule has 1 atom stereocenters. The van der Waals surface area contributed by atoms with Gasteiger partial charge in [-0.25, -0.2) is 4.68 Å². The molecule has 2 aromatic rings. The Kier molecular flexibility index (Phi) is 6.50. The molecule has 0 radical (unpaired) electrons. The summed E-state index contributed by atoms with van der Waals surface area (Å²) in [6.07, 6.45) is 9.21. The number of hydrogen-bond acceptors (Lipinski definition) is 4. The molecule has 1 saturated heterocycles. The minimum absolute atomic E-state index is 0.0133. The van der Waals surface area contributed by atoms with Crippen LogP contribution in [0.5, 0.6) is 5.75 Å². The van der Waals surface area contributed by atoms with E-state index in [1.807, 2.05) is 29.2 Å². The summed E-state index contributed by atoms with van der Waals surface area (Å²) in [7, 11) is 1.59. The van der Waals surface area contributed by atoms with Gasteiger partial charge in [0.25, 0.3) is 11.5 Å². The summed E-state index contributed by atoms with van der Waals surface area (Å²) in [4.78, 5) is 27.8. The van der Waals surface area contributed by atoms with Crippen LogP contribution in [0.1, 0.15) is 66.6 Å². The molecular weight excluding hydrogens is 378 g/mol. The Balaban J connectivity index is 1.50. The van der Waals surface area contributed by atoms with Crippen LogP contribution in [0.15, 0.2) is 35.1 Å². The number of benzene rings is 1. The monoisotopic (exact) mass is 409 g/mol. The Morgan fingerprint density at radius 3 is 2.83 bits per heavy atom. The fourth-order valence-electron chi connectivity index (χ4n) is 4.75. The Bertz CT molecular complexity index is 953. The predicted octanol–water partition coefficient (Wildman–Crippen LogP) is 3.61. The van der Waals surface area contributed by atoms with Crippen LogP contribution in [0.2, 0.25) is 0 Å². The summed E-state index contributed by atoms with van der Waals surface area (Å²) in [6.45, 7) is 1.29. The maximum atomic E-state index is 13.3. The van der Waals surface area contributed by atoms with Crippen LogP contribution in [-0.4, -0.2) is 40.3 Å². The van der Waals surface area contributed by atoms with Crippen LogP contribution in [-0.2, 0) is 19.4 Å². The second-order valence-corrected chi connectivity index (χ2v) is 8.38. The van der Waals surface area contributed by atoms with Crippen molar-refractivity contribution in [3.63, 3.8) is 0 Å². The zero-order valence-corrected chi connectivity index (χ0v) is 17.8. The molecular formula is C24H31N3O3. The maximum Gasteiger partial charge on any atom is 0.267 e. The van der Waals surface area contributed by atoms with E-state index in [-0.39, 0.29) is 17.5 Å². The minimum atomic E-state index is -0.0194. The smallest absolute Gasteiger partial charge is 0.267 e. The summed E-state index contributed by atoms with van der Waals surface area (Å²) in [5, 5.41) is 4.69. The Labute approximate surface area is 177 Å². The molecule has 6 nitrogen and oxygen atoms in total. The number of methoxy groups -OCH3 is 1. The molecule has 1 aliphatic heterocycles. The third kappa shape index (κ3) is 4.42. The van der Waals surface area contributed by atoms with Gasteiger partial charge in [-0.2, -0.15) is 5.10 Å². The van der Waals surface area contributed by atoms with E-state index >= 15 is 0 Å². The number of aromatic nitrogens is 2. The highest BCUT2D eigenvalue weighted by Crippen LogP contribution is 2.26. The van der Waals surface area contributed by atoms with Crippen LogP contribution in [0.25, 0.3) is 0 Å². The lowest BCUT2D eigenvalue weighted by atomic mass is 9.98. The van der Waals surface area contributed by atoms with E-state index < -0.39 is 0 Å². The number of aryl methyl sites for hydroxylation is 3. The molecule has 1 aromatic carbocycles. The van der Waals surface area contributed by atoms with Gasteiger partial charge in [-0.15, -0.1) is 0 Å². The Morgan fingerprint density at radius 1 is 1.13 bits per heavy atom. The van der Waals surface area contributed by atoms with Crippen LogP contribution < -0.4 is 10.3 Å². The molecule has 1 fully saturated rings. The topological polar surface area (TPSA) is 64.4 Å². The quantitative estimate of drug-likeness (QED) is 0.708. The summed E-state index contributed by atoms with van der Waals surface area (Å²) >= 11 is 0. The molecule has 30 heavy (non-hydrogen) atoms. The number of carbonyl (C=O) groups excluding carboxylic acids is 1. The van der Waals surface area contributed by atoms with Gasteiger partial charge in [-0.3, -0.25) is 9.59 Å². The van der Waals surface area contributed by atoms with Crippen molar-refractivity contribution in [1.82, 2.24) is 14.7 Å². The molecule has 1 amide bonds. The molecule has 2 heterocycles. The summed E-state index contributed by atoms with van der Waals surface area (Å²) in [5.41, 5.74) is 2.79. The molecule has 4 rings (SSSR count). The van der Waals surface area contributed by atoms with Crippen molar-refractivity contribution in [3.05, 3.63) is 57.5 Å². The average molecular weight is 410 g/mol. The first kappa shape index (κ1) is 20.6. The lowest BCUT2D eigenvalue weighted by molar-refractivity contribution is 0.0590. The molecule has 160 valence electrons. The van der Waals surface area contributed by atoms with Crippen LogP contribution in [0.4, 0.5) is 0 Å². The van der Waals surface area contributed by atoms with Gasteiger partial charge in [-0.1, -0.05) is 18.6 Å². The first-order valence-electron chi connectivity index (χ1n) is 11.2. The van der Waals surface area contributed by atoms with Gasteiger partial charge < -0.3 is 9.64 Å². The molecule has 0 bridgehead atoms. The van der Waals surface area contributed by atoms with Gasteiger partial charge >= 0.3 is 0 Å². The van der Waals surface area contributed by atoms with Crippen molar-refractivity contribution >= 4 is 5.91 Å². The normalized spacial score (nSPS) is 19.1. The van der Waals surface area contributed by atoms with Crippen LogP contribution >= 0.6 is 0 Å². The van der Waals surface area contributed by atoms with Gasteiger partial charge in [0, 0.05) is 25.2 Å². The highest BCUT2D eigenvalue weighted by atomic mass is 16.5. The first-order valence-corrected chi connectivity index (χ1v) is 11.2. The van der Waals surface area contributed by atoms with Crippen LogP contribution in [0, 0.1) is 0 Å². The van der Waals surface area contributed by atoms with Crippen LogP contribution in [0.3, 0.4) is 0 Å². The van der Waals surface area contributed by atoms with Crippen molar-refractivity contribution in [2.45, 2.75) is 70.4 Å². The third-order valence-corrected chi connectivity index (χ3v) is 6.42. The Hall–Kier alpha value is -2.63. The van der Waals surface area contributed by atoms with Crippen molar-refractivity contribution < 1.29 is 9.53 Å². The fraction of sp³-hybridized carbons (Fsp3) is 0.542. The molecule has 0 spiro atoms. The number of fused-ring (bicyclic) bond motifs is 1. The summed E-state index contributed by atoms with van der Waals surface area (Å²) in [6, 6.07) is 9.29. The van der Waals surface area contributed by atoms with Crippen molar-refractivity contribution in [2.75, 3.05) is 13.7 Å². The largest absolute Gasteiger partial charge is 0.496 e. The molecule has 1 aromatic heterocycles. The molecule has 2 aliphatic rings. The van der Waals surface area contributed by atoms with Gasteiger partial charge in [0.05, 0.1) is 18.4 Å². The highest BCUT2D eigenvalue weighted by molar-refractivity contribution is 5.97. The van der Waals surface area contributed by atoms with E-state index in [4.69, 9.17) is 9.84 Å². The molecule has 0 N–H and O–H groups in total. The SMILES string of the molecule is COc1ccccc1C(=O)N1CCCC[C@H]1CCn1nc2c(cc1=O)CCCCC2. The number of piperidine rings is 1. The number of rotatable bonds is 5. The number of amides is 1. The number of carbonyl (C=O) groups is 1. The molecule has 1 aliphatic carbocycles. The number of likely N-dealkylation sites (tertiary alicyclic amines) is 1. The zero-order valence-electron chi connectivity index (χ0n) is 17.8. The lowest BCUT2D eigenvalue weighted by Gasteiger charge is -2.36. The molecule has 6 heteroatoms. The van der Waals surface area contributed by atoms with Crippen molar-refractivity contribution in [3.8, 4) is 5.75 Å². The second-order valence-electron chi connectivity index (χ2n) is 8.38. The highest BCUT2D eigenvalue weighted by Gasteiger charge is 2.29. The van der Waals surface area contributed by atoms with E-state index in [1.54, 1.807) is 17.9 Å². The Morgan fingerprint density at radius 2 is 1.97 bits per heavy atom. The van der Waals surface area contributed by atoms with Gasteiger partial charge in [-0.05, 0) is 69.1 Å². The molecule has 0 saturated carbocycles. The van der Waals surface area contributed by atoms with Crippen molar-refractivity contribution in [1.29, 1.82) is 0 Å². The van der Waals surface area contributed by atoms with Gasteiger partial charge in [0.2, 0.25) is 0 Å². The standard InChI is InChI=1S/C24H31N3O3/c1-30-22-13-6-5-11-20(22)24(29)26-15-8-7-10-19(26)14-16-27-23(28)17-18-9-3-2-4-12-21(18)25-27/h5-6,11,13,17,19H,2-4,7-10,12,14-16H2,1H3/t19-/m0/s1. The molecule has 0 unspecified atom stereocenters. The summed E-state index contributed by atoms with van der Waals surface area (Å²) in [5.74, 6) is 0.620. The second kappa shape index (κ2) is 9.45. The summed E-state index contributed by atoms with van der Waals surface area (Å²) < 4.78 is 7.01. The number of ether oxygens (including phenoxy) is 1. The lowest BCUT2D eigenvalue weighted by Crippen LogP contribution is -2.44. The van der Waals surface area contributed by atoms with E-state index in [9.17, 15) is 9.59 Å². The first-order chi connectivity index (χ1) is 14.7. The van der Waals surface area contributed by atoms with Gasteiger partial charge in [0.1, 0.15) is 5.75 Å². The predicted molar refractivity (Wildman–Crippen MR) is 116 cm³/mol. The zero-order chi connectivity index (χ0) is 20.9. The van der Waals surface area contributed by atoms with E-state index in [1.165, 1.54) is 6.42 Å². The fourth-order valence-corrected chi connectivity index (χ4v) is 4.75. The van der Waals surface area contributed by atoms with Gasteiger partial charge in [0.15, 0.2) is 0 Å². The van der Waals surface area contributed by atoms with E-state index in [0.717, 1.165) is 69.2 Å². The number of para-hydroxylation sites is 1. The van der Waals surface area contributed by atoms with E-state index in [0.29, 0.717) is 17.9 Å². The van der Waals surface area contributed by atoms with Crippen molar-refractivity contribution in [2.24, 2.45) is 0 Å². The third-order valence-electron chi connectivity index (χ3n) is 6.42. The van der Waals surface area contributed by atoms with E-state index in [2.05, 4.69) is 0 Å². The maximum absolute atomic E-state index is 13.3. The average Bonchev–Trinajstić information content (AvgIpc) is 3.02. The minimum Gasteiger partial charge on any atom is -0.496 e. The number of nitrogens with zero attached hydrogens (tertiary/aromatic N) is 3. The number of hydrogen-bond donors (Lipinski definition) is 0.